The average Bonchev–Trinajstić information content (AvgIpc) is 3.23. The maximum atomic E-state index is 10.6. The number of hydrogen-bond donors (Lipinski definition) is 1. The summed E-state index contributed by atoms with van der Waals surface area (Å²) in [5, 5.41) is 19.7. The van der Waals surface area contributed by atoms with E-state index < -0.39 is 0 Å². The number of rotatable bonds is 16. The van der Waals surface area contributed by atoms with E-state index in [4.69, 9.17) is 4.74 Å². The van der Waals surface area contributed by atoms with Crippen molar-refractivity contribution in [2.75, 3.05) is 6.61 Å². The molecule has 3 rings (SSSR count). The zero-order chi connectivity index (χ0) is 23.3. The van der Waals surface area contributed by atoms with Crippen molar-refractivity contribution in [3.8, 4) is 17.2 Å². The van der Waals surface area contributed by atoms with Gasteiger partial charge in [-0.2, -0.15) is 0 Å². The molecule has 1 heterocycles. The lowest BCUT2D eigenvalue weighted by molar-refractivity contribution is 0.310. The van der Waals surface area contributed by atoms with Crippen LogP contribution >= 0.6 is 0 Å². The second kappa shape index (κ2) is 13.9. The summed E-state index contributed by atoms with van der Waals surface area (Å²) >= 11 is 0. The molecular formula is C28H41N3O2. The number of aromatic hydroxyl groups is 1. The standard InChI is InChI=1S/C28H41N3O2/c1-3-5-7-8-9-10-11-12-13-14-15-23-16-19-27(28(32)21-23)31-29-25-18-17-24(22-26(25)30-31)33-20-6-4-2/h16-19,21-22,32H,3-15,20H2,1-2H3. The van der Waals surface area contributed by atoms with Crippen molar-refractivity contribution in [3.05, 3.63) is 42.0 Å². The average molecular weight is 452 g/mol. The van der Waals surface area contributed by atoms with Crippen molar-refractivity contribution in [2.24, 2.45) is 0 Å². The molecule has 180 valence electrons. The van der Waals surface area contributed by atoms with Gasteiger partial charge in [0.05, 0.1) is 6.61 Å². The first-order valence-electron chi connectivity index (χ1n) is 13.0. The van der Waals surface area contributed by atoms with Crippen LogP contribution in [0.5, 0.6) is 11.5 Å². The molecule has 0 aliphatic carbocycles. The van der Waals surface area contributed by atoms with Gasteiger partial charge in [-0.1, -0.05) is 84.1 Å². The van der Waals surface area contributed by atoms with Crippen LogP contribution in [-0.4, -0.2) is 26.7 Å². The summed E-state index contributed by atoms with van der Waals surface area (Å²) in [5.41, 5.74) is 3.31. The molecular weight excluding hydrogens is 410 g/mol. The number of benzene rings is 2. The van der Waals surface area contributed by atoms with Gasteiger partial charge in [-0.05, 0) is 49.1 Å². The van der Waals surface area contributed by atoms with Crippen LogP contribution in [0, 0.1) is 0 Å². The van der Waals surface area contributed by atoms with Crippen molar-refractivity contribution < 1.29 is 9.84 Å². The Balaban J connectivity index is 1.46. The molecule has 0 radical (unpaired) electrons. The van der Waals surface area contributed by atoms with Gasteiger partial charge < -0.3 is 9.84 Å². The number of aryl methyl sites for hydroxylation is 1. The third-order valence-electron chi connectivity index (χ3n) is 6.19. The Hall–Kier alpha value is -2.56. The first kappa shape index (κ1) is 25.1. The van der Waals surface area contributed by atoms with Crippen LogP contribution in [-0.2, 0) is 6.42 Å². The van der Waals surface area contributed by atoms with E-state index in [0.29, 0.717) is 12.3 Å². The summed E-state index contributed by atoms with van der Waals surface area (Å²) in [5.74, 6) is 1.03. The molecule has 0 aliphatic heterocycles. The second-order valence-electron chi connectivity index (χ2n) is 9.10. The SMILES string of the molecule is CCCCCCCCCCCCc1ccc(-n2nc3ccc(OCCCC)cc3n2)c(O)c1. The molecule has 0 amide bonds. The lowest BCUT2D eigenvalue weighted by atomic mass is 10.0. The Morgan fingerprint density at radius 1 is 0.727 bits per heavy atom. The fourth-order valence-corrected chi connectivity index (χ4v) is 4.14. The van der Waals surface area contributed by atoms with E-state index in [-0.39, 0.29) is 5.75 Å². The number of unbranched alkanes of at least 4 members (excludes halogenated alkanes) is 10. The molecule has 0 unspecified atom stereocenters. The van der Waals surface area contributed by atoms with Crippen LogP contribution in [0.2, 0.25) is 0 Å². The minimum Gasteiger partial charge on any atom is -0.506 e. The molecule has 1 N–H and O–H groups in total. The van der Waals surface area contributed by atoms with E-state index in [0.717, 1.165) is 36.0 Å². The molecule has 5 heteroatoms. The Labute approximate surface area is 199 Å². The Morgan fingerprint density at radius 2 is 1.39 bits per heavy atom. The van der Waals surface area contributed by atoms with E-state index in [2.05, 4.69) is 30.1 Å². The molecule has 2 aromatic carbocycles. The summed E-state index contributed by atoms with van der Waals surface area (Å²) in [6.07, 6.45) is 16.5. The lowest BCUT2D eigenvalue weighted by Gasteiger charge is -2.07. The number of nitrogens with zero attached hydrogens (tertiary/aromatic N) is 3. The molecule has 0 saturated carbocycles. The smallest absolute Gasteiger partial charge is 0.143 e. The van der Waals surface area contributed by atoms with Crippen LogP contribution in [0.1, 0.15) is 96.5 Å². The van der Waals surface area contributed by atoms with Crippen LogP contribution in [0.3, 0.4) is 0 Å². The zero-order valence-corrected chi connectivity index (χ0v) is 20.6. The summed E-state index contributed by atoms with van der Waals surface area (Å²) in [6.45, 7) is 5.12. The van der Waals surface area contributed by atoms with Gasteiger partial charge in [-0.15, -0.1) is 15.0 Å². The Bertz CT molecular complexity index is 967. The van der Waals surface area contributed by atoms with Gasteiger partial charge in [0.15, 0.2) is 0 Å². The third kappa shape index (κ3) is 8.06. The van der Waals surface area contributed by atoms with E-state index in [1.807, 2.05) is 30.3 Å². The van der Waals surface area contributed by atoms with Crippen LogP contribution in [0.15, 0.2) is 36.4 Å². The number of phenolic OH excluding ortho intramolecular Hbond substituents is 1. The van der Waals surface area contributed by atoms with Gasteiger partial charge in [-0.25, -0.2) is 0 Å². The van der Waals surface area contributed by atoms with Crippen LogP contribution < -0.4 is 4.74 Å². The second-order valence-corrected chi connectivity index (χ2v) is 9.10. The van der Waals surface area contributed by atoms with Crippen molar-refractivity contribution in [1.29, 1.82) is 0 Å². The first-order valence-corrected chi connectivity index (χ1v) is 13.0. The molecule has 3 aromatic rings. The fraction of sp³-hybridized carbons (Fsp3) is 0.571. The highest BCUT2D eigenvalue weighted by Crippen LogP contribution is 2.25. The van der Waals surface area contributed by atoms with Gasteiger partial charge in [0, 0.05) is 6.07 Å². The fourth-order valence-electron chi connectivity index (χ4n) is 4.14. The van der Waals surface area contributed by atoms with Crippen LogP contribution in [0.4, 0.5) is 0 Å². The lowest BCUT2D eigenvalue weighted by Crippen LogP contribution is -1.99. The minimum absolute atomic E-state index is 0.222. The molecule has 0 saturated heterocycles. The number of hydrogen-bond acceptors (Lipinski definition) is 4. The van der Waals surface area contributed by atoms with Gasteiger partial charge >= 0.3 is 0 Å². The van der Waals surface area contributed by atoms with Gasteiger partial charge in [0.2, 0.25) is 0 Å². The predicted octanol–water partition coefficient (Wildman–Crippen LogP) is 7.77. The predicted molar refractivity (Wildman–Crippen MR) is 136 cm³/mol. The summed E-state index contributed by atoms with van der Waals surface area (Å²) in [7, 11) is 0. The molecule has 33 heavy (non-hydrogen) atoms. The number of fused-ring (bicyclic) bond motifs is 1. The quantitative estimate of drug-likeness (QED) is 0.226. The summed E-state index contributed by atoms with van der Waals surface area (Å²) < 4.78 is 5.77. The van der Waals surface area contributed by atoms with Gasteiger partial charge in [-0.3, -0.25) is 0 Å². The van der Waals surface area contributed by atoms with Gasteiger partial charge in [0.1, 0.15) is 28.2 Å². The number of ether oxygens (including phenoxy) is 1. The maximum Gasteiger partial charge on any atom is 0.143 e. The van der Waals surface area contributed by atoms with E-state index in [1.54, 1.807) is 0 Å². The van der Waals surface area contributed by atoms with Gasteiger partial charge in [0.25, 0.3) is 0 Å². The molecule has 0 spiro atoms. The Kier molecular flexibility index (Phi) is 10.5. The topological polar surface area (TPSA) is 60.2 Å². The molecule has 0 fully saturated rings. The van der Waals surface area contributed by atoms with Crippen LogP contribution in [0.25, 0.3) is 16.7 Å². The molecule has 0 atom stereocenters. The minimum atomic E-state index is 0.222. The number of phenols is 1. The van der Waals surface area contributed by atoms with Crippen molar-refractivity contribution in [1.82, 2.24) is 15.0 Å². The Morgan fingerprint density at radius 3 is 2.09 bits per heavy atom. The zero-order valence-electron chi connectivity index (χ0n) is 20.6. The van der Waals surface area contributed by atoms with Crippen molar-refractivity contribution in [3.63, 3.8) is 0 Å². The largest absolute Gasteiger partial charge is 0.506 e. The maximum absolute atomic E-state index is 10.6. The summed E-state index contributed by atoms with van der Waals surface area (Å²) in [6, 6.07) is 11.6. The highest BCUT2D eigenvalue weighted by Gasteiger charge is 2.10. The van der Waals surface area contributed by atoms with E-state index in [9.17, 15) is 5.11 Å². The molecule has 0 aliphatic rings. The normalized spacial score (nSPS) is 11.3. The number of aromatic nitrogens is 3. The first-order chi connectivity index (χ1) is 16.2. The molecule has 5 nitrogen and oxygen atoms in total. The van der Waals surface area contributed by atoms with E-state index >= 15 is 0 Å². The monoisotopic (exact) mass is 451 g/mol. The third-order valence-corrected chi connectivity index (χ3v) is 6.19. The summed E-state index contributed by atoms with van der Waals surface area (Å²) in [4.78, 5) is 1.51. The molecule has 1 aromatic heterocycles. The highest BCUT2D eigenvalue weighted by molar-refractivity contribution is 5.75. The van der Waals surface area contributed by atoms with Crippen molar-refractivity contribution in [2.45, 2.75) is 97.3 Å². The molecule has 0 bridgehead atoms. The highest BCUT2D eigenvalue weighted by atomic mass is 16.5. The van der Waals surface area contributed by atoms with Crippen molar-refractivity contribution >= 4 is 11.0 Å². The van der Waals surface area contributed by atoms with E-state index in [1.165, 1.54) is 74.6 Å².